The molecular weight excluding hydrogens is 310 g/mol. The van der Waals surface area contributed by atoms with Crippen molar-refractivity contribution in [1.29, 1.82) is 0 Å². The fourth-order valence-electron chi connectivity index (χ4n) is 3.01. The number of thiophene rings is 1. The first-order valence-corrected chi connectivity index (χ1v) is 9.11. The molecule has 0 unspecified atom stereocenters. The molecule has 0 aliphatic carbocycles. The van der Waals surface area contributed by atoms with Gasteiger partial charge in [0.2, 0.25) is 0 Å². The fraction of sp³-hybridized carbons (Fsp3) is 0.556. The lowest BCUT2D eigenvalue weighted by Crippen LogP contribution is -2.34. The van der Waals surface area contributed by atoms with Crippen LogP contribution in [-0.4, -0.2) is 55.6 Å². The molecule has 0 bridgehead atoms. The Morgan fingerprint density at radius 2 is 2.13 bits per heavy atom. The number of aliphatic hydroxyl groups excluding tert-OH is 1. The largest absolute Gasteiger partial charge is 0.389 e. The third-order valence-electron chi connectivity index (χ3n) is 4.22. The lowest BCUT2D eigenvalue weighted by Gasteiger charge is -2.25. The molecule has 1 N–H and O–H groups in total. The Balaban J connectivity index is 1.45. The summed E-state index contributed by atoms with van der Waals surface area (Å²) >= 11 is 1.78. The van der Waals surface area contributed by atoms with Gasteiger partial charge in [-0.3, -0.25) is 4.90 Å². The van der Waals surface area contributed by atoms with Gasteiger partial charge in [0.1, 0.15) is 0 Å². The number of hydrogen-bond donors (Lipinski definition) is 1. The van der Waals surface area contributed by atoms with Crippen molar-refractivity contribution in [2.75, 3.05) is 33.4 Å². The molecule has 1 aromatic carbocycles. The van der Waals surface area contributed by atoms with Crippen molar-refractivity contribution < 1.29 is 14.6 Å². The van der Waals surface area contributed by atoms with Gasteiger partial charge in [0.15, 0.2) is 0 Å². The average Bonchev–Trinajstić information content (AvgIpc) is 2.97. The van der Waals surface area contributed by atoms with E-state index in [-0.39, 0.29) is 6.10 Å². The predicted octanol–water partition coefficient (Wildman–Crippen LogP) is 2.89. The molecule has 0 amide bonds. The zero-order valence-corrected chi connectivity index (χ0v) is 14.4. The minimum atomic E-state index is -0.451. The van der Waals surface area contributed by atoms with Crippen LogP contribution in [0.1, 0.15) is 18.4 Å². The van der Waals surface area contributed by atoms with Crippen LogP contribution in [0.25, 0.3) is 10.1 Å². The number of likely N-dealkylation sites (N-methyl/N-ethyl adjacent to an activating group) is 1. The molecule has 0 saturated carbocycles. The van der Waals surface area contributed by atoms with E-state index in [4.69, 9.17) is 9.47 Å². The second-order valence-electron chi connectivity index (χ2n) is 6.25. The van der Waals surface area contributed by atoms with Crippen LogP contribution in [0.4, 0.5) is 0 Å². The van der Waals surface area contributed by atoms with Crippen LogP contribution in [0.2, 0.25) is 0 Å². The van der Waals surface area contributed by atoms with E-state index in [0.29, 0.717) is 13.2 Å². The average molecular weight is 335 g/mol. The molecule has 1 saturated heterocycles. The maximum atomic E-state index is 10.2. The van der Waals surface area contributed by atoms with Gasteiger partial charge in [-0.25, -0.2) is 0 Å². The molecule has 0 radical (unpaired) electrons. The van der Waals surface area contributed by atoms with E-state index in [1.165, 1.54) is 15.6 Å². The molecule has 23 heavy (non-hydrogen) atoms. The van der Waals surface area contributed by atoms with Crippen molar-refractivity contribution in [1.82, 2.24) is 4.90 Å². The highest BCUT2D eigenvalue weighted by Crippen LogP contribution is 2.26. The lowest BCUT2D eigenvalue weighted by atomic mass is 10.1. The highest BCUT2D eigenvalue weighted by molar-refractivity contribution is 7.17. The molecule has 4 nitrogen and oxygen atoms in total. The van der Waals surface area contributed by atoms with Gasteiger partial charge >= 0.3 is 0 Å². The molecule has 1 atom stereocenters. The highest BCUT2D eigenvalue weighted by Gasteiger charge is 2.17. The first-order valence-electron chi connectivity index (χ1n) is 8.23. The Bertz CT molecular complexity index is 609. The molecule has 1 aliphatic rings. The Kier molecular flexibility index (Phi) is 6.02. The Labute approximate surface area is 141 Å². The van der Waals surface area contributed by atoms with Crippen LogP contribution >= 0.6 is 11.3 Å². The second-order valence-corrected chi connectivity index (χ2v) is 7.16. The number of fused-ring (bicyclic) bond motifs is 1. The molecule has 1 fully saturated rings. The van der Waals surface area contributed by atoms with Gasteiger partial charge in [-0.15, -0.1) is 11.3 Å². The van der Waals surface area contributed by atoms with E-state index >= 15 is 0 Å². The van der Waals surface area contributed by atoms with Crippen LogP contribution in [0.3, 0.4) is 0 Å². The zero-order chi connectivity index (χ0) is 16.1. The van der Waals surface area contributed by atoms with Crippen LogP contribution < -0.4 is 0 Å². The van der Waals surface area contributed by atoms with Crippen LogP contribution in [0.15, 0.2) is 29.6 Å². The molecule has 3 rings (SSSR count). The maximum absolute atomic E-state index is 10.2. The molecule has 2 aromatic rings. The van der Waals surface area contributed by atoms with Crippen molar-refractivity contribution in [3.05, 3.63) is 35.2 Å². The van der Waals surface area contributed by atoms with E-state index in [9.17, 15) is 5.11 Å². The molecule has 0 spiro atoms. The molecule has 2 heterocycles. The van der Waals surface area contributed by atoms with Gasteiger partial charge in [0, 0.05) is 31.0 Å². The number of hydrogen-bond acceptors (Lipinski definition) is 5. The summed E-state index contributed by atoms with van der Waals surface area (Å²) < 4.78 is 12.4. The van der Waals surface area contributed by atoms with Crippen molar-refractivity contribution in [3.8, 4) is 0 Å². The van der Waals surface area contributed by atoms with Gasteiger partial charge in [-0.2, -0.15) is 0 Å². The number of ether oxygens (including phenoxy) is 2. The Hall–Kier alpha value is -0.980. The van der Waals surface area contributed by atoms with Crippen LogP contribution in [-0.2, 0) is 16.0 Å². The van der Waals surface area contributed by atoms with Gasteiger partial charge in [0.25, 0.3) is 0 Å². The molecular formula is C18H25NO3S. The van der Waals surface area contributed by atoms with Crippen LogP contribution in [0, 0.1) is 0 Å². The smallest absolute Gasteiger partial charge is 0.0900 e. The van der Waals surface area contributed by atoms with E-state index in [2.05, 4.69) is 34.5 Å². The Morgan fingerprint density at radius 3 is 2.96 bits per heavy atom. The van der Waals surface area contributed by atoms with Crippen LogP contribution in [0.5, 0.6) is 0 Å². The molecule has 1 aliphatic heterocycles. The summed E-state index contributed by atoms with van der Waals surface area (Å²) in [7, 11) is 2.05. The monoisotopic (exact) mass is 335 g/mol. The summed E-state index contributed by atoms with van der Waals surface area (Å²) in [5.41, 5.74) is 1.32. The van der Waals surface area contributed by atoms with E-state index in [1.807, 2.05) is 7.05 Å². The summed E-state index contributed by atoms with van der Waals surface area (Å²) in [5, 5.41) is 13.7. The van der Waals surface area contributed by atoms with Gasteiger partial charge in [-0.1, -0.05) is 18.2 Å². The fourth-order valence-corrected chi connectivity index (χ4v) is 3.97. The second kappa shape index (κ2) is 8.22. The normalized spacial score (nSPS) is 17.9. The standard InChI is InChI=1S/C18H25NO3S/c1-19(10-14-13-23-18-5-3-2-4-17(14)18)11-15(20)12-22-16-6-8-21-9-7-16/h2-5,13,15-16,20H,6-12H2,1H3/t15-/m1/s1. The first-order chi connectivity index (χ1) is 11.2. The van der Waals surface area contributed by atoms with Crippen molar-refractivity contribution in [3.63, 3.8) is 0 Å². The topological polar surface area (TPSA) is 41.9 Å². The number of rotatable bonds is 7. The van der Waals surface area contributed by atoms with Crippen molar-refractivity contribution in [2.45, 2.75) is 31.6 Å². The van der Waals surface area contributed by atoms with E-state index in [1.54, 1.807) is 11.3 Å². The van der Waals surface area contributed by atoms with E-state index < -0.39 is 6.10 Å². The number of benzene rings is 1. The third kappa shape index (κ3) is 4.75. The minimum Gasteiger partial charge on any atom is -0.389 e. The summed E-state index contributed by atoms with van der Waals surface area (Å²) in [6, 6.07) is 8.47. The summed E-state index contributed by atoms with van der Waals surface area (Å²) in [6.45, 7) is 3.41. The van der Waals surface area contributed by atoms with Crippen molar-refractivity contribution in [2.24, 2.45) is 0 Å². The first kappa shape index (κ1) is 16.9. The lowest BCUT2D eigenvalue weighted by molar-refractivity contribution is -0.0633. The van der Waals surface area contributed by atoms with Gasteiger partial charge < -0.3 is 14.6 Å². The third-order valence-corrected chi connectivity index (χ3v) is 5.23. The number of nitrogens with zero attached hydrogens (tertiary/aromatic N) is 1. The summed E-state index contributed by atoms with van der Waals surface area (Å²) in [4.78, 5) is 2.16. The maximum Gasteiger partial charge on any atom is 0.0900 e. The number of aliphatic hydroxyl groups is 1. The van der Waals surface area contributed by atoms with Gasteiger partial charge in [0.05, 0.1) is 18.8 Å². The SMILES string of the molecule is CN(Cc1csc2ccccc12)C[C@@H](O)COC1CCOCC1. The minimum absolute atomic E-state index is 0.240. The predicted molar refractivity (Wildman–Crippen MR) is 94.0 cm³/mol. The van der Waals surface area contributed by atoms with Crippen molar-refractivity contribution >= 4 is 21.4 Å². The Morgan fingerprint density at radius 1 is 1.35 bits per heavy atom. The molecule has 1 aromatic heterocycles. The molecule has 126 valence electrons. The van der Waals surface area contributed by atoms with Gasteiger partial charge in [-0.05, 0) is 42.3 Å². The van der Waals surface area contributed by atoms with E-state index in [0.717, 1.165) is 32.6 Å². The quantitative estimate of drug-likeness (QED) is 0.845. The highest BCUT2D eigenvalue weighted by atomic mass is 32.1. The molecule has 5 heteroatoms. The summed E-state index contributed by atoms with van der Waals surface area (Å²) in [5.74, 6) is 0. The zero-order valence-electron chi connectivity index (χ0n) is 13.6. The summed E-state index contributed by atoms with van der Waals surface area (Å²) in [6.07, 6.45) is 1.66.